The predicted octanol–water partition coefficient (Wildman–Crippen LogP) is 4.27. The minimum Gasteiger partial charge on any atom is -0.492 e. The van der Waals surface area contributed by atoms with Crippen LogP contribution >= 0.6 is 0 Å². The first-order valence-electron chi connectivity index (χ1n) is 10.7. The second-order valence-electron chi connectivity index (χ2n) is 7.59. The van der Waals surface area contributed by atoms with Crippen molar-refractivity contribution in [3.05, 3.63) is 78.4 Å². The minimum absolute atomic E-state index is 0.182. The van der Waals surface area contributed by atoms with Crippen LogP contribution in [-0.2, 0) is 20.6 Å². The number of carbonyl (C=O) groups is 2. The molecule has 2 N–H and O–H groups in total. The van der Waals surface area contributed by atoms with Gasteiger partial charge in [-0.25, -0.2) is 4.21 Å². The van der Waals surface area contributed by atoms with E-state index < -0.39 is 17.0 Å². The van der Waals surface area contributed by atoms with E-state index in [-0.39, 0.29) is 18.2 Å². The van der Waals surface area contributed by atoms with E-state index in [4.69, 9.17) is 4.74 Å². The first-order valence-corrected chi connectivity index (χ1v) is 11.8. The van der Waals surface area contributed by atoms with Crippen molar-refractivity contribution in [2.45, 2.75) is 31.2 Å². The van der Waals surface area contributed by atoms with Gasteiger partial charge in [0.2, 0.25) is 11.8 Å². The number of nitrogens with zero attached hydrogens (tertiary/aromatic N) is 1. The smallest absolute Gasteiger partial charge is 0.248 e. The zero-order valence-electron chi connectivity index (χ0n) is 18.4. The second kappa shape index (κ2) is 9.87. The van der Waals surface area contributed by atoms with Crippen molar-refractivity contribution in [1.29, 1.82) is 0 Å². The summed E-state index contributed by atoms with van der Waals surface area (Å²) in [4.78, 5) is 26.5. The van der Waals surface area contributed by atoms with Gasteiger partial charge in [-0.1, -0.05) is 42.0 Å². The Hall–Kier alpha value is -3.65. The molecule has 2 amide bonds. The number of aryl methyl sites for hydroxylation is 1. The SMILES string of the molecule is CCOc1ccccc1NC(=O)CC1C(=O)Nc2ccccc2N1S(=O)c1ccc(C)cc1. The van der Waals surface area contributed by atoms with E-state index in [2.05, 4.69) is 10.6 Å². The average molecular weight is 464 g/mol. The number of fused-ring (bicyclic) bond motifs is 1. The van der Waals surface area contributed by atoms with Crippen molar-refractivity contribution in [2.75, 3.05) is 21.5 Å². The fourth-order valence-electron chi connectivity index (χ4n) is 3.64. The van der Waals surface area contributed by atoms with Gasteiger partial charge in [0.25, 0.3) is 0 Å². The first-order chi connectivity index (χ1) is 16.0. The fraction of sp³-hybridized carbons (Fsp3) is 0.200. The maximum atomic E-state index is 13.6. The normalized spacial score (nSPS) is 15.9. The van der Waals surface area contributed by atoms with Gasteiger partial charge in [0.05, 0.1) is 35.0 Å². The van der Waals surface area contributed by atoms with Crippen LogP contribution in [0, 0.1) is 6.92 Å². The largest absolute Gasteiger partial charge is 0.492 e. The number of hydrogen-bond donors (Lipinski definition) is 2. The molecule has 1 aliphatic rings. The van der Waals surface area contributed by atoms with Gasteiger partial charge in [0.1, 0.15) is 11.8 Å². The fourth-order valence-corrected chi connectivity index (χ4v) is 4.97. The van der Waals surface area contributed by atoms with Gasteiger partial charge < -0.3 is 15.4 Å². The van der Waals surface area contributed by atoms with Crippen LogP contribution in [0.25, 0.3) is 0 Å². The molecule has 0 saturated carbocycles. The summed E-state index contributed by atoms with van der Waals surface area (Å²) in [5.41, 5.74) is 2.72. The van der Waals surface area contributed by atoms with Gasteiger partial charge in [-0.05, 0) is 50.2 Å². The second-order valence-corrected chi connectivity index (χ2v) is 8.95. The van der Waals surface area contributed by atoms with Crippen molar-refractivity contribution in [2.24, 2.45) is 0 Å². The molecule has 33 heavy (non-hydrogen) atoms. The third-order valence-electron chi connectivity index (χ3n) is 5.23. The highest BCUT2D eigenvalue weighted by molar-refractivity contribution is 7.86. The van der Waals surface area contributed by atoms with Crippen molar-refractivity contribution in [3.8, 4) is 5.75 Å². The Labute approximate surface area is 195 Å². The molecule has 0 bridgehead atoms. The van der Waals surface area contributed by atoms with Crippen LogP contribution in [0.2, 0.25) is 0 Å². The monoisotopic (exact) mass is 463 g/mol. The molecule has 0 fully saturated rings. The summed E-state index contributed by atoms with van der Waals surface area (Å²) in [7, 11) is -1.69. The van der Waals surface area contributed by atoms with Crippen LogP contribution < -0.4 is 19.7 Å². The molecular weight excluding hydrogens is 438 g/mol. The summed E-state index contributed by atoms with van der Waals surface area (Å²) in [5.74, 6) is -0.220. The van der Waals surface area contributed by atoms with Crippen LogP contribution in [0.15, 0.2) is 77.7 Å². The molecule has 0 spiro atoms. The summed E-state index contributed by atoms with van der Waals surface area (Å²) in [6.07, 6.45) is -0.182. The van der Waals surface area contributed by atoms with E-state index in [1.54, 1.807) is 48.5 Å². The summed E-state index contributed by atoms with van der Waals surface area (Å²) < 4.78 is 20.7. The molecule has 0 aliphatic carbocycles. The zero-order valence-corrected chi connectivity index (χ0v) is 19.2. The van der Waals surface area contributed by atoms with E-state index in [1.165, 1.54) is 4.31 Å². The number of carbonyl (C=O) groups excluding carboxylic acids is 2. The number of hydrogen-bond acceptors (Lipinski definition) is 4. The van der Waals surface area contributed by atoms with Crippen LogP contribution in [0.4, 0.5) is 17.1 Å². The summed E-state index contributed by atoms with van der Waals surface area (Å²) in [5, 5.41) is 5.66. The number of anilines is 3. The standard InChI is InChI=1S/C25H25N3O4S/c1-3-32-23-11-7-5-9-20(23)26-24(29)16-22-25(30)27-19-8-4-6-10-21(19)28(22)33(31)18-14-12-17(2)13-15-18/h4-15,22H,3,16H2,1-2H3,(H,26,29)(H,27,30). The topological polar surface area (TPSA) is 87.7 Å². The van der Waals surface area contributed by atoms with E-state index in [0.29, 0.717) is 34.3 Å². The molecule has 4 rings (SSSR count). The Morgan fingerprint density at radius 3 is 2.52 bits per heavy atom. The molecule has 3 aromatic carbocycles. The molecule has 7 nitrogen and oxygen atoms in total. The number of para-hydroxylation sites is 4. The lowest BCUT2D eigenvalue weighted by Crippen LogP contribution is -2.50. The third kappa shape index (κ3) is 4.90. The van der Waals surface area contributed by atoms with Crippen LogP contribution in [0.1, 0.15) is 18.9 Å². The Balaban J connectivity index is 1.64. The lowest BCUT2D eigenvalue weighted by molar-refractivity contribution is -0.122. The number of ether oxygens (including phenoxy) is 1. The van der Waals surface area contributed by atoms with Crippen molar-refractivity contribution in [3.63, 3.8) is 0 Å². The maximum absolute atomic E-state index is 13.6. The van der Waals surface area contributed by atoms with E-state index >= 15 is 0 Å². The number of amides is 2. The average Bonchev–Trinajstić information content (AvgIpc) is 2.81. The van der Waals surface area contributed by atoms with Crippen molar-refractivity contribution in [1.82, 2.24) is 0 Å². The number of nitrogens with one attached hydrogen (secondary N) is 2. The van der Waals surface area contributed by atoms with Crippen LogP contribution in [0.5, 0.6) is 5.75 Å². The zero-order chi connectivity index (χ0) is 23.4. The van der Waals surface area contributed by atoms with Crippen molar-refractivity contribution < 1.29 is 18.5 Å². The number of rotatable bonds is 7. The van der Waals surface area contributed by atoms with Crippen LogP contribution in [-0.4, -0.2) is 28.7 Å². The summed E-state index contributed by atoms with van der Waals surface area (Å²) in [6.45, 7) is 4.27. The Morgan fingerprint density at radius 1 is 1.06 bits per heavy atom. The molecule has 8 heteroatoms. The predicted molar refractivity (Wildman–Crippen MR) is 130 cm³/mol. The van der Waals surface area contributed by atoms with E-state index in [0.717, 1.165) is 5.56 Å². The molecule has 0 radical (unpaired) electrons. The molecule has 2 atom stereocenters. The number of benzene rings is 3. The molecule has 0 saturated heterocycles. The summed E-state index contributed by atoms with van der Waals surface area (Å²) >= 11 is 0. The van der Waals surface area contributed by atoms with Crippen molar-refractivity contribution >= 4 is 39.9 Å². The highest BCUT2D eigenvalue weighted by Crippen LogP contribution is 2.36. The molecule has 2 unspecified atom stereocenters. The molecule has 170 valence electrons. The molecular formula is C25H25N3O4S. The third-order valence-corrected chi connectivity index (χ3v) is 6.71. The summed E-state index contributed by atoms with van der Waals surface area (Å²) in [6, 6.07) is 20.6. The highest BCUT2D eigenvalue weighted by Gasteiger charge is 2.38. The lowest BCUT2D eigenvalue weighted by atomic mass is 10.1. The van der Waals surface area contributed by atoms with E-state index in [1.807, 2.05) is 38.1 Å². The van der Waals surface area contributed by atoms with Gasteiger partial charge >= 0.3 is 0 Å². The Morgan fingerprint density at radius 2 is 1.76 bits per heavy atom. The lowest BCUT2D eigenvalue weighted by Gasteiger charge is -2.36. The van der Waals surface area contributed by atoms with Crippen LogP contribution in [0.3, 0.4) is 0 Å². The van der Waals surface area contributed by atoms with Gasteiger partial charge in [0, 0.05) is 0 Å². The van der Waals surface area contributed by atoms with Gasteiger partial charge in [-0.3, -0.25) is 13.9 Å². The van der Waals surface area contributed by atoms with Gasteiger partial charge in [0.15, 0.2) is 11.0 Å². The minimum atomic E-state index is -1.69. The Kier molecular flexibility index (Phi) is 6.74. The highest BCUT2D eigenvalue weighted by atomic mass is 32.2. The Bertz CT molecular complexity index is 1200. The van der Waals surface area contributed by atoms with Gasteiger partial charge in [-0.15, -0.1) is 0 Å². The first kappa shape index (κ1) is 22.5. The molecule has 1 heterocycles. The van der Waals surface area contributed by atoms with E-state index in [9.17, 15) is 13.8 Å². The molecule has 0 aromatic heterocycles. The maximum Gasteiger partial charge on any atom is 0.248 e. The molecule has 3 aromatic rings. The van der Waals surface area contributed by atoms with Gasteiger partial charge in [-0.2, -0.15) is 0 Å². The quantitative estimate of drug-likeness (QED) is 0.548. The molecule has 1 aliphatic heterocycles.